The van der Waals surface area contributed by atoms with Gasteiger partial charge in [-0.05, 0) is 54.2 Å². The molecule has 0 unspecified atom stereocenters. The number of amides is 1. The van der Waals surface area contributed by atoms with E-state index < -0.39 is 0 Å². The monoisotopic (exact) mass is 416 g/mol. The Labute approximate surface area is 179 Å². The van der Waals surface area contributed by atoms with Crippen LogP contribution in [0.3, 0.4) is 0 Å². The van der Waals surface area contributed by atoms with Crippen molar-refractivity contribution in [1.29, 1.82) is 0 Å². The van der Waals surface area contributed by atoms with Crippen LogP contribution in [0.1, 0.15) is 24.0 Å². The number of hydrogen-bond donors (Lipinski definition) is 1. The van der Waals surface area contributed by atoms with Crippen molar-refractivity contribution in [3.63, 3.8) is 0 Å². The zero-order chi connectivity index (χ0) is 21.2. The van der Waals surface area contributed by atoms with Crippen molar-refractivity contribution >= 4 is 22.6 Å². The van der Waals surface area contributed by atoms with Crippen LogP contribution in [0.5, 0.6) is 5.75 Å². The van der Waals surface area contributed by atoms with Crippen molar-refractivity contribution in [2.75, 3.05) is 11.9 Å². The lowest BCUT2D eigenvalue weighted by Gasteiger charge is -2.06. The fourth-order valence-corrected chi connectivity index (χ4v) is 3.48. The standard InChI is InChI=1S/C23H24N6O2/c1-28-21-9-6-18(10-19(21)12-24-28)11-23(30)26-22-13-25-29(27-22)14-16-4-7-20(8-5-16)31-15-17-2-3-17/h4-10,12-13,17H,2-3,11,14-15H2,1H3,(H,26,27,30). The molecule has 1 N–H and O–H groups in total. The van der Waals surface area contributed by atoms with Gasteiger partial charge in [-0.1, -0.05) is 18.2 Å². The Morgan fingerprint density at radius 2 is 1.90 bits per heavy atom. The highest BCUT2D eigenvalue weighted by atomic mass is 16.5. The molecule has 31 heavy (non-hydrogen) atoms. The average Bonchev–Trinajstić information content (AvgIpc) is 3.39. The highest BCUT2D eigenvalue weighted by Crippen LogP contribution is 2.29. The summed E-state index contributed by atoms with van der Waals surface area (Å²) in [4.78, 5) is 14.0. The molecule has 0 spiro atoms. The summed E-state index contributed by atoms with van der Waals surface area (Å²) in [6.45, 7) is 1.33. The molecule has 4 aromatic rings. The molecule has 0 saturated heterocycles. The van der Waals surface area contributed by atoms with Crippen LogP contribution < -0.4 is 10.1 Å². The van der Waals surface area contributed by atoms with Crippen LogP contribution in [-0.4, -0.2) is 37.3 Å². The fraction of sp³-hybridized carbons (Fsp3) is 0.304. The number of hydrogen-bond acceptors (Lipinski definition) is 5. The van der Waals surface area contributed by atoms with Crippen LogP contribution in [0.25, 0.3) is 10.9 Å². The summed E-state index contributed by atoms with van der Waals surface area (Å²) in [6, 6.07) is 13.9. The average molecular weight is 416 g/mol. The van der Waals surface area contributed by atoms with Gasteiger partial charge in [0.2, 0.25) is 5.91 Å². The first kappa shape index (κ1) is 19.3. The first-order chi connectivity index (χ1) is 15.1. The Morgan fingerprint density at radius 1 is 1.10 bits per heavy atom. The maximum absolute atomic E-state index is 12.4. The van der Waals surface area contributed by atoms with Gasteiger partial charge in [-0.15, -0.1) is 5.10 Å². The summed E-state index contributed by atoms with van der Waals surface area (Å²) < 4.78 is 7.58. The van der Waals surface area contributed by atoms with Crippen LogP contribution in [0.15, 0.2) is 54.9 Å². The molecule has 1 amide bonds. The SMILES string of the molecule is Cn1ncc2cc(CC(=O)Nc3cnn(Cc4ccc(OCC5CC5)cc4)n3)ccc21. The summed E-state index contributed by atoms with van der Waals surface area (Å²) in [7, 11) is 1.90. The van der Waals surface area contributed by atoms with Gasteiger partial charge in [-0.25, -0.2) is 0 Å². The van der Waals surface area contributed by atoms with Gasteiger partial charge in [0.05, 0.1) is 37.5 Å². The number of benzene rings is 2. The first-order valence-electron chi connectivity index (χ1n) is 10.4. The van der Waals surface area contributed by atoms with E-state index in [1.807, 2.05) is 54.2 Å². The van der Waals surface area contributed by atoms with Crippen molar-refractivity contribution in [2.45, 2.75) is 25.8 Å². The predicted octanol–water partition coefficient (Wildman–Crippen LogP) is 3.18. The van der Waals surface area contributed by atoms with Crippen LogP contribution >= 0.6 is 0 Å². The van der Waals surface area contributed by atoms with Gasteiger partial charge < -0.3 is 10.1 Å². The number of nitrogens with zero attached hydrogens (tertiary/aromatic N) is 5. The van der Waals surface area contributed by atoms with Gasteiger partial charge in [-0.3, -0.25) is 9.48 Å². The Kier molecular flexibility index (Phi) is 5.11. The quantitative estimate of drug-likeness (QED) is 0.477. The molecule has 8 nitrogen and oxygen atoms in total. The molecule has 2 aromatic carbocycles. The molecule has 0 bridgehead atoms. The number of fused-ring (bicyclic) bond motifs is 1. The third-order valence-electron chi connectivity index (χ3n) is 5.41. The van der Waals surface area contributed by atoms with E-state index >= 15 is 0 Å². The van der Waals surface area contributed by atoms with Crippen molar-refractivity contribution in [2.24, 2.45) is 13.0 Å². The van der Waals surface area contributed by atoms with E-state index in [1.165, 1.54) is 12.8 Å². The van der Waals surface area contributed by atoms with Gasteiger partial charge in [0, 0.05) is 12.4 Å². The van der Waals surface area contributed by atoms with Gasteiger partial charge in [0.15, 0.2) is 5.82 Å². The van der Waals surface area contributed by atoms with Crippen LogP contribution in [0, 0.1) is 5.92 Å². The van der Waals surface area contributed by atoms with Crippen molar-refractivity contribution in [3.05, 3.63) is 66.0 Å². The molecule has 2 aromatic heterocycles. The molecule has 0 aliphatic heterocycles. The number of ether oxygens (including phenoxy) is 1. The first-order valence-corrected chi connectivity index (χ1v) is 10.4. The number of aryl methyl sites for hydroxylation is 1. The number of aromatic nitrogens is 5. The Bertz CT molecular complexity index is 1210. The largest absolute Gasteiger partial charge is 0.493 e. The fourth-order valence-electron chi connectivity index (χ4n) is 3.48. The molecule has 158 valence electrons. The van der Waals surface area contributed by atoms with Crippen LogP contribution in [0.2, 0.25) is 0 Å². The molecular formula is C23H24N6O2. The minimum atomic E-state index is -0.132. The smallest absolute Gasteiger partial charge is 0.230 e. The van der Waals surface area contributed by atoms with Gasteiger partial charge in [0.25, 0.3) is 0 Å². The Morgan fingerprint density at radius 3 is 2.71 bits per heavy atom. The number of rotatable bonds is 8. The molecular weight excluding hydrogens is 392 g/mol. The van der Waals surface area contributed by atoms with Gasteiger partial charge in [0.1, 0.15) is 5.75 Å². The second-order valence-corrected chi connectivity index (χ2v) is 8.04. The third kappa shape index (κ3) is 4.74. The van der Waals surface area contributed by atoms with E-state index in [0.29, 0.717) is 12.4 Å². The summed E-state index contributed by atoms with van der Waals surface area (Å²) in [5, 5.41) is 16.7. The topological polar surface area (TPSA) is 86.9 Å². The molecule has 1 aliphatic rings. The normalized spacial score (nSPS) is 13.5. The van der Waals surface area contributed by atoms with E-state index in [0.717, 1.165) is 40.3 Å². The third-order valence-corrected chi connectivity index (χ3v) is 5.41. The number of nitrogens with one attached hydrogen (secondary N) is 1. The number of carbonyl (C=O) groups is 1. The zero-order valence-corrected chi connectivity index (χ0v) is 17.4. The molecule has 0 atom stereocenters. The lowest BCUT2D eigenvalue weighted by molar-refractivity contribution is -0.115. The Balaban J connectivity index is 1.15. The highest BCUT2D eigenvalue weighted by molar-refractivity contribution is 5.92. The molecule has 5 rings (SSSR count). The highest BCUT2D eigenvalue weighted by Gasteiger charge is 2.21. The maximum Gasteiger partial charge on any atom is 0.230 e. The second kappa shape index (κ2) is 8.22. The van der Waals surface area contributed by atoms with Gasteiger partial charge in [-0.2, -0.15) is 15.0 Å². The van der Waals surface area contributed by atoms with Crippen molar-refractivity contribution < 1.29 is 9.53 Å². The zero-order valence-electron chi connectivity index (χ0n) is 17.4. The lowest BCUT2D eigenvalue weighted by Crippen LogP contribution is -2.15. The minimum absolute atomic E-state index is 0.132. The van der Waals surface area contributed by atoms with Crippen molar-refractivity contribution in [3.8, 4) is 5.75 Å². The van der Waals surface area contributed by atoms with E-state index in [4.69, 9.17) is 4.74 Å². The summed E-state index contributed by atoms with van der Waals surface area (Å²) >= 11 is 0. The van der Waals surface area contributed by atoms with Crippen LogP contribution in [0.4, 0.5) is 5.82 Å². The summed E-state index contributed by atoms with van der Waals surface area (Å²) in [5.74, 6) is 1.94. The van der Waals surface area contributed by atoms with Crippen molar-refractivity contribution in [1.82, 2.24) is 24.8 Å². The molecule has 1 fully saturated rings. The van der Waals surface area contributed by atoms with E-state index in [-0.39, 0.29) is 12.3 Å². The molecule has 1 aliphatic carbocycles. The summed E-state index contributed by atoms with van der Waals surface area (Å²) in [5.41, 5.74) is 3.03. The Hall–Kier alpha value is -3.68. The molecule has 2 heterocycles. The second-order valence-electron chi connectivity index (χ2n) is 8.04. The molecule has 1 saturated carbocycles. The lowest BCUT2D eigenvalue weighted by atomic mass is 10.1. The molecule has 0 radical (unpaired) electrons. The summed E-state index contributed by atoms with van der Waals surface area (Å²) in [6.07, 6.45) is 6.19. The predicted molar refractivity (Wildman–Crippen MR) is 117 cm³/mol. The minimum Gasteiger partial charge on any atom is -0.493 e. The molecule has 8 heteroatoms. The maximum atomic E-state index is 12.4. The van der Waals surface area contributed by atoms with E-state index in [9.17, 15) is 4.79 Å². The van der Waals surface area contributed by atoms with Crippen LogP contribution in [-0.2, 0) is 24.8 Å². The van der Waals surface area contributed by atoms with Gasteiger partial charge >= 0.3 is 0 Å². The van der Waals surface area contributed by atoms with E-state index in [1.54, 1.807) is 17.2 Å². The number of anilines is 1. The number of carbonyl (C=O) groups excluding carboxylic acids is 1. The van der Waals surface area contributed by atoms with E-state index in [2.05, 4.69) is 20.6 Å².